The lowest BCUT2D eigenvalue weighted by molar-refractivity contribution is -0.118. The summed E-state index contributed by atoms with van der Waals surface area (Å²) in [5.74, 6) is 2.43. The quantitative estimate of drug-likeness (QED) is 0.592. The molecule has 0 N–H and O–H groups in total. The molecule has 0 unspecified atom stereocenters. The molecule has 23 heavy (non-hydrogen) atoms. The Balaban J connectivity index is 0.000000593. The van der Waals surface area contributed by atoms with Gasteiger partial charge in [0.1, 0.15) is 6.61 Å². The van der Waals surface area contributed by atoms with E-state index in [2.05, 4.69) is 30.7 Å². The SMILES string of the molecule is CC(C)C.COCCOc1cccnc1N1CCN(C=O)CC1. The van der Waals surface area contributed by atoms with Crippen LogP contribution in [0, 0.1) is 5.92 Å². The fourth-order valence-corrected chi connectivity index (χ4v) is 2.01. The molecule has 2 rings (SSSR count). The van der Waals surface area contributed by atoms with E-state index in [0.717, 1.165) is 50.1 Å². The van der Waals surface area contributed by atoms with E-state index >= 15 is 0 Å². The molecule has 0 bridgehead atoms. The average molecular weight is 323 g/mol. The highest BCUT2D eigenvalue weighted by Gasteiger charge is 2.19. The van der Waals surface area contributed by atoms with Crippen LogP contribution in [0.25, 0.3) is 0 Å². The summed E-state index contributed by atoms with van der Waals surface area (Å²) in [6, 6.07) is 3.76. The third kappa shape index (κ3) is 7.32. The largest absolute Gasteiger partial charge is 0.487 e. The minimum Gasteiger partial charge on any atom is -0.487 e. The highest BCUT2D eigenvalue weighted by molar-refractivity contribution is 5.54. The van der Waals surface area contributed by atoms with E-state index in [4.69, 9.17) is 9.47 Å². The predicted molar refractivity (Wildman–Crippen MR) is 92.0 cm³/mol. The topological polar surface area (TPSA) is 54.9 Å². The number of piperazine rings is 1. The molecule has 1 aliphatic rings. The van der Waals surface area contributed by atoms with Crippen LogP contribution in [-0.2, 0) is 9.53 Å². The summed E-state index contributed by atoms with van der Waals surface area (Å²) in [7, 11) is 1.65. The number of hydrogen-bond donors (Lipinski definition) is 0. The Bertz CT molecular complexity index is 444. The lowest BCUT2D eigenvalue weighted by atomic mass is 10.3. The maximum Gasteiger partial charge on any atom is 0.209 e. The molecule has 1 saturated heterocycles. The van der Waals surface area contributed by atoms with Gasteiger partial charge in [-0.3, -0.25) is 4.79 Å². The fourth-order valence-electron chi connectivity index (χ4n) is 2.01. The summed E-state index contributed by atoms with van der Waals surface area (Å²) in [5.41, 5.74) is 0. The van der Waals surface area contributed by atoms with E-state index in [9.17, 15) is 4.79 Å². The molecule has 0 saturated carbocycles. The van der Waals surface area contributed by atoms with E-state index in [1.165, 1.54) is 0 Å². The second-order valence-electron chi connectivity index (χ2n) is 6.03. The Morgan fingerprint density at radius 2 is 1.87 bits per heavy atom. The smallest absolute Gasteiger partial charge is 0.209 e. The van der Waals surface area contributed by atoms with Crippen molar-refractivity contribution in [3.8, 4) is 5.75 Å². The third-order valence-corrected chi connectivity index (χ3v) is 3.06. The van der Waals surface area contributed by atoms with Gasteiger partial charge in [-0.15, -0.1) is 0 Å². The Morgan fingerprint density at radius 3 is 2.43 bits per heavy atom. The maximum atomic E-state index is 10.7. The number of hydrogen-bond acceptors (Lipinski definition) is 5. The van der Waals surface area contributed by atoms with Crippen molar-refractivity contribution in [2.75, 3.05) is 51.4 Å². The van der Waals surface area contributed by atoms with Crippen LogP contribution in [0.4, 0.5) is 5.82 Å². The Kier molecular flexibility index (Phi) is 9.05. The van der Waals surface area contributed by atoms with Crippen LogP contribution in [0.5, 0.6) is 5.75 Å². The first-order valence-corrected chi connectivity index (χ1v) is 8.09. The molecule has 1 aromatic rings. The summed E-state index contributed by atoms with van der Waals surface area (Å²) in [6.07, 6.45) is 2.65. The first-order valence-electron chi connectivity index (χ1n) is 8.09. The van der Waals surface area contributed by atoms with Crippen molar-refractivity contribution < 1.29 is 14.3 Å². The van der Waals surface area contributed by atoms with Crippen LogP contribution in [0.15, 0.2) is 18.3 Å². The number of ether oxygens (including phenoxy) is 2. The number of carbonyl (C=O) groups excluding carboxylic acids is 1. The van der Waals surface area contributed by atoms with Gasteiger partial charge in [-0.1, -0.05) is 20.8 Å². The van der Waals surface area contributed by atoms with Gasteiger partial charge in [0.2, 0.25) is 6.41 Å². The van der Waals surface area contributed by atoms with E-state index in [-0.39, 0.29) is 0 Å². The number of aromatic nitrogens is 1. The van der Waals surface area contributed by atoms with Crippen LogP contribution in [-0.4, -0.2) is 62.8 Å². The second kappa shape index (κ2) is 10.8. The van der Waals surface area contributed by atoms with Gasteiger partial charge in [0.25, 0.3) is 0 Å². The van der Waals surface area contributed by atoms with E-state index in [1.54, 1.807) is 18.2 Å². The number of anilines is 1. The number of amides is 1. The van der Waals surface area contributed by atoms with Gasteiger partial charge in [-0.05, 0) is 18.1 Å². The van der Waals surface area contributed by atoms with Gasteiger partial charge in [-0.25, -0.2) is 4.98 Å². The highest BCUT2D eigenvalue weighted by atomic mass is 16.5. The zero-order chi connectivity index (χ0) is 17.1. The molecule has 0 aliphatic carbocycles. The molecule has 1 aliphatic heterocycles. The molecule has 0 radical (unpaired) electrons. The summed E-state index contributed by atoms with van der Waals surface area (Å²) in [4.78, 5) is 19.0. The highest BCUT2D eigenvalue weighted by Crippen LogP contribution is 2.25. The van der Waals surface area contributed by atoms with Crippen LogP contribution in [0.3, 0.4) is 0 Å². The van der Waals surface area contributed by atoms with E-state index < -0.39 is 0 Å². The lowest BCUT2D eigenvalue weighted by Gasteiger charge is -2.33. The van der Waals surface area contributed by atoms with Crippen LogP contribution in [0.1, 0.15) is 20.8 Å². The average Bonchev–Trinajstić information content (AvgIpc) is 2.55. The summed E-state index contributed by atoms with van der Waals surface area (Å²) < 4.78 is 10.6. The molecule has 1 aromatic heterocycles. The van der Waals surface area contributed by atoms with Crippen molar-refractivity contribution in [1.82, 2.24) is 9.88 Å². The molecule has 2 heterocycles. The summed E-state index contributed by atoms with van der Waals surface area (Å²) in [6.45, 7) is 10.5. The number of methoxy groups -OCH3 is 1. The van der Waals surface area contributed by atoms with Gasteiger partial charge in [0.15, 0.2) is 11.6 Å². The lowest BCUT2D eigenvalue weighted by Crippen LogP contribution is -2.46. The number of rotatable bonds is 6. The van der Waals surface area contributed by atoms with Gasteiger partial charge < -0.3 is 19.3 Å². The molecular weight excluding hydrogens is 294 g/mol. The first kappa shape index (κ1) is 19.2. The Hall–Kier alpha value is -1.82. The Morgan fingerprint density at radius 1 is 1.22 bits per heavy atom. The first-order chi connectivity index (χ1) is 11.1. The molecule has 0 aromatic carbocycles. The zero-order valence-electron chi connectivity index (χ0n) is 14.7. The number of nitrogens with zero attached hydrogens (tertiary/aromatic N) is 3. The van der Waals surface area contributed by atoms with Crippen LogP contribution in [0.2, 0.25) is 0 Å². The van der Waals surface area contributed by atoms with Crippen molar-refractivity contribution >= 4 is 12.2 Å². The Labute approximate surface area is 139 Å². The molecule has 1 fully saturated rings. The minimum atomic E-state index is 0.503. The molecule has 0 spiro atoms. The maximum absolute atomic E-state index is 10.7. The van der Waals surface area contributed by atoms with Crippen LogP contribution >= 0.6 is 0 Å². The standard InChI is InChI=1S/C13H19N3O3.C4H10/c1-18-9-10-19-12-3-2-4-14-13(12)16-7-5-15(11-17)6-8-16;1-4(2)3/h2-4,11H,5-10H2,1H3;4H,1-3H3. The molecular formula is C17H29N3O3. The molecule has 6 heteroatoms. The van der Waals surface area contributed by atoms with Crippen LogP contribution < -0.4 is 9.64 Å². The van der Waals surface area contributed by atoms with Gasteiger partial charge in [-0.2, -0.15) is 0 Å². The van der Waals surface area contributed by atoms with E-state index in [1.807, 2.05) is 12.1 Å². The molecule has 6 nitrogen and oxygen atoms in total. The van der Waals surface area contributed by atoms with Crippen molar-refractivity contribution in [2.45, 2.75) is 20.8 Å². The zero-order valence-corrected chi connectivity index (χ0v) is 14.7. The summed E-state index contributed by atoms with van der Waals surface area (Å²) >= 11 is 0. The predicted octanol–water partition coefficient (Wildman–Crippen LogP) is 2.05. The van der Waals surface area contributed by atoms with Crippen molar-refractivity contribution in [1.29, 1.82) is 0 Å². The third-order valence-electron chi connectivity index (χ3n) is 3.06. The van der Waals surface area contributed by atoms with Gasteiger partial charge >= 0.3 is 0 Å². The van der Waals surface area contributed by atoms with Crippen molar-refractivity contribution in [2.24, 2.45) is 5.92 Å². The van der Waals surface area contributed by atoms with Crippen molar-refractivity contribution in [3.05, 3.63) is 18.3 Å². The van der Waals surface area contributed by atoms with Crippen molar-refractivity contribution in [3.63, 3.8) is 0 Å². The number of pyridine rings is 1. The summed E-state index contributed by atoms with van der Waals surface area (Å²) in [5, 5.41) is 0. The minimum absolute atomic E-state index is 0.503. The second-order valence-corrected chi connectivity index (χ2v) is 6.03. The normalized spacial score (nSPS) is 14.3. The number of carbonyl (C=O) groups is 1. The monoisotopic (exact) mass is 323 g/mol. The molecule has 1 amide bonds. The molecule has 130 valence electrons. The van der Waals surface area contributed by atoms with Gasteiger partial charge in [0.05, 0.1) is 6.61 Å². The van der Waals surface area contributed by atoms with Gasteiger partial charge in [0, 0.05) is 39.5 Å². The van der Waals surface area contributed by atoms with E-state index in [0.29, 0.717) is 13.2 Å². The fraction of sp³-hybridized carbons (Fsp3) is 0.647. The molecule has 0 atom stereocenters.